The van der Waals surface area contributed by atoms with Gasteiger partial charge in [-0.3, -0.25) is 4.79 Å². The van der Waals surface area contributed by atoms with Gasteiger partial charge in [0.2, 0.25) is 10.0 Å². The SMILES string of the molecule is CCCN(CCC)S(=O)(=O)c1cccc(C(=O)N[C@@H](Cc2ccccc2)C(N)CNCc2cccc(OC)c2)c1. The third-order valence-electron chi connectivity index (χ3n) is 6.66. The fourth-order valence-electron chi connectivity index (χ4n) is 4.53. The van der Waals surface area contributed by atoms with Crippen molar-refractivity contribution in [2.45, 2.75) is 56.6 Å². The van der Waals surface area contributed by atoms with Gasteiger partial charge < -0.3 is 21.1 Å². The molecular formula is C31H42N4O4S. The second-order valence-electron chi connectivity index (χ2n) is 9.85. The Morgan fingerprint density at radius 3 is 2.27 bits per heavy atom. The number of nitrogens with zero attached hydrogens (tertiary/aromatic N) is 1. The van der Waals surface area contributed by atoms with Crippen molar-refractivity contribution in [1.29, 1.82) is 0 Å². The molecule has 0 aliphatic carbocycles. The third kappa shape index (κ3) is 8.89. The lowest BCUT2D eigenvalue weighted by Gasteiger charge is -2.26. The van der Waals surface area contributed by atoms with Crippen LogP contribution in [-0.2, 0) is 23.0 Å². The standard InChI is InChI=1S/C31H42N4O4S/c1-4-17-35(18-5-2)40(37,38)28-16-10-14-26(21-28)31(36)34-30(20-24-11-7-6-8-12-24)29(32)23-33-22-25-13-9-15-27(19-25)39-3/h6-16,19,21,29-30,33H,4-5,17-18,20,22-23,32H2,1-3H3,(H,34,36)/t29?,30-/m0/s1. The minimum Gasteiger partial charge on any atom is -0.497 e. The van der Waals surface area contributed by atoms with Crippen LogP contribution in [-0.4, -0.2) is 57.5 Å². The molecule has 3 aromatic rings. The number of hydrogen-bond donors (Lipinski definition) is 3. The summed E-state index contributed by atoms with van der Waals surface area (Å²) >= 11 is 0. The Hall–Kier alpha value is -3.24. The maximum absolute atomic E-state index is 13.4. The number of benzene rings is 3. The molecular weight excluding hydrogens is 524 g/mol. The van der Waals surface area contributed by atoms with Gasteiger partial charge in [0, 0.05) is 43.8 Å². The molecule has 0 saturated heterocycles. The zero-order valence-electron chi connectivity index (χ0n) is 23.7. The summed E-state index contributed by atoms with van der Waals surface area (Å²) in [6, 6.07) is 23.1. The van der Waals surface area contributed by atoms with Crippen molar-refractivity contribution in [2.75, 3.05) is 26.7 Å². The molecule has 0 radical (unpaired) electrons. The Morgan fingerprint density at radius 2 is 1.60 bits per heavy atom. The van der Waals surface area contributed by atoms with Gasteiger partial charge in [0.1, 0.15) is 5.75 Å². The molecule has 216 valence electrons. The summed E-state index contributed by atoms with van der Waals surface area (Å²) in [6.45, 7) is 5.83. The topological polar surface area (TPSA) is 114 Å². The minimum absolute atomic E-state index is 0.117. The van der Waals surface area contributed by atoms with E-state index in [9.17, 15) is 13.2 Å². The number of nitrogens with two attached hydrogens (primary N) is 1. The molecule has 3 rings (SSSR count). The van der Waals surface area contributed by atoms with Crippen LogP contribution in [0.25, 0.3) is 0 Å². The highest BCUT2D eigenvalue weighted by Crippen LogP contribution is 2.19. The molecule has 0 heterocycles. The van der Waals surface area contributed by atoms with Gasteiger partial charge in [-0.15, -0.1) is 0 Å². The van der Waals surface area contributed by atoms with Crippen LogP contribution < -0.4 is 21.1 Å². The molecule has 40 heavy (non-hydrogen) atoms. The summed E-state index contributed by atoms with van der Waals surface area (Å²) < 4.78 is 33.4. The third-order valence-corrected chi connectivity index (χ3v) is 8.55. The molecule has 4 N–H and O–H groups in total. The summed E-state index contributed by atoms with van der Waals surface area (Å²) in [7, 11) is -2.07. The lowest BCUT2D eigenvalue weighted by atomic mass is 9.99. The van der Waals surface area contributed by atoms with Crippen LogP contribution in [0.3, 0.4) is 0 Å². The highest BCUT2D eigenvalue weighted by atomic mass is 32.2. The Balaban J connectivity index is 1.75. The Labute approximate surface area is 239 Å². The van der Waals surface area contributed by atoms with Gasteiger partial charge in [-0.25, -0.2) is 8.42 Å². The van der Waals surface area contributed by atoms with E-state index < -0.39 is 16.1 Å². The van der Waals surface area contributed by atoms with E-state index in [0.29, 0.717) is 45.4 Å². The van der Waals surface area contributed by atoms with Gasteiger partial charge in [0.05, 0.1) is 12.0 Å². The fraction of sp³-hybridized carbons (Fsp3) is 0.387. The van der Waals surface area contributed by atoms with Crippen molar-refractivity contribution in [2.24, 2.45) is 5.73 Å². The van der Waals surface area contributed by atoms with E-state index in [0.717, 1.165) is 16.9 Å². The quantitative estimate of drug-likeness (QED) is 0.242. The van der Waals surface area contributed by atoms with E-state index in [-0.39, 0.29) is 22.4 Å². The summed E-state index contributed by atoms with van der Waals surface area (Å²) in [4.78, 5) is 13.5. The molecule has 0 aliphatic heterocycles. The Bertz CT molecular complexity index is 1310. The van der Waals surface area contributed by atoms with Crippen LogP contribution in [0.2, 0.25) is 0 Å². The van der Waals surface area contributed by atoms with Crippen LogP contribution in [0.15, 0.2) is 83.8 Å². The second-order valence-corrected chi connectivity index (χ2v) is 11.8. The lowest BCUT2D eigenvalue weighted by molar-refractivity contribution is 0.0930. The number of hydrogen-bond acceptors (Lipinski definition) is 6. The first-order valence-electron chi connectivity index (χ1n) is 13.8. The molecule has 0 bridgehead atoms. The van der Waals surface area contributed by atoms with Crippen LogP contribution in [0.5, 0.6) is 5.75 Å². The number of carbonyl (C=O) groups is 1. The average Bonchev–Trinajstić information content (AvgIpc) is 2.97. The predicted molar refractivity (Wildman–Crippen MR) is 160 cm³/mol. The van der Waals surface area contributed by atoms with Crippen molar-refractivity contribution in [1.82, 2.24) is 14.9 Å². The highest BCUT2D eigenvalue weighted by molar-refractivity contribution is 7.89. The normalized spacial score (nSPS) is 13.1. The summed E-state index contributed by atoms with van der Waals surface area (Å²) in [5, 5.41) is 6.46. The molecule has 0 spiro atoms. The molecule has 0 aromatic heterocycles. The monoisotopic (exact) mass is 566 g/mol. The first-order chi connectivity index (χ1) is 19.3. The van der Waals surface area contributed by atoms with Crippen LogP contribution in [0.1, 0.15) is 48.2 Å². The van der Waals surface area contributed by atoms with Gasteiger partial charge in [0.15, 0.2) is 0 Å². The number of rotatable bonds is 16. The van der Waals surface area contributed by atoms with Crippen LogP contribution >= 0.6 is 0 Å². The minimum atomic E-state index is -3.71. The number of sulfonamides is 1. The van der Waals surface area contributed by atoms with E-state index in [4.69, 9.17) is 10.5 Å². The highest BCUT2D eigenvalue weighted by Gasteiger charge is 2.25. The number of ether oxygens (including phenoxy) is 1. The number of carbonyl (C=O) groups excluding carboxylic acids is 1. The Morgan fingerprint density at radius 1 is 0.925 bits per heavy atom. The summed E-state index contributed by atoms with van der Waals surface area (Å²) in [5.41, 5.74) is 9.00. The van der Waals surface area contributed by atoms with Gasteiger partial charge in [0.25, 0.3) is 5.91 Å². The smallest absolute Gasteiger partial charge is 0.251 e. The van der Waals surface area contributed by atoms with Crippen molar-refractivity contribution in [3.63, 3.8) is 0 Å². The van der Waals surface area contributed by atoms with E-state index in [1.165, 1.54) is 10.4 Å². The number of methoxy groups -OCH3 is 1. The first kappa shape index (κ1) is 31.3. The molecule has 0 aliphatic rings. The fourth-order valence-corrected chi connectivity index (χ4v) is 6.21. The molecule has 0 fully saturated rings. The van der Waals surface area contributed by atoms with E-state index in [1.807, 2.05) is 68.4 Å². The average molecular weight is 567 g/mol. The lowest BCUT2D eigenvalue weighted by Crippen LogP contribution is -2.53. The van der Waals surface area contributed by atoms with E-state index in [1.54, 1.807) is 25.3 Å². The van der Waals surface area contributed by atoms with E-state index >= 15 is 0 Å². The van der Waals surface area contributed by atoms with Crippen molar-refractivity contribution in [3.05, 3.63) is 95.6 Å². The van der Waals surface area contributed by atoms with E-state index in [2.05, 4.69) is 10.6 Å². The molecule has 8 nitrogen and oxygen atoms in total. The van der Waals surface area contributed by atoms with Gasteiger partial charge in [-0.2, -0.15) is 4.31 Å². The molecule has 9 heteroatoms. The molecule has 3 aromatic carbocycles. The Kier molecular flexibility index (Phi) is 12.1. The zero-order valence-corrected chi connectivity index (χ0v) is 24.5. The van der Waals surface area contributed by atoms with Gasteiger partial charge in [-0.1, -0.05) is 62.4 Å². The molecule has 1 amide bonds. The molecule has 1 unspecified atom stereocenters. The summed E-state index contributed by atoms with van der Waals surface area (Å²) in [5.74, 6) is 0.424. The summed E-state index contributed by atoms with van der Waals surface area (Å²) in [6.07, 6.45) is 1.96. The van der Waals surface area contributed by atoms with Gasteiger partial charge >= 0.3 is 0 Å². The van der Waals surface area contributed by atoms with Crippen molar-refractivity contribution < 1.29 is 17.9 Å². The van der Waals surface area contributed by atoms with Crippen LogP contribution in [0, 0.1) is 0 Å². The number of amides is 1. The molecule has 2 atom stereocenters. The largest absolute Gasteiger partial charge is 0.497 e. The maximum Gasteiger partial charge on any atom is 0.251 e. The van der Waals surface area contributed by atoms with Gasteiger partial charge in [-0.05, 0) is 60.7 Å². The predicted octanol–water partition coefficient (Wildman–Crippen LogP) is 3.96. The van der Waals surface area contributed by atoms with Crippen molar-refractivity contribution in [3.8, 4) is 5.75 Å². The zero-order chi connectivity index (χ0) is 29.0. The second kappa shape index (κ2) is 15.5. The first-order valence-corrected chi connectivity index (χ1v) is 15.3. The van der Waals surface area contributed by atoms with Crippen molar-refractivity contribution >= 4 is 15.9 Å². The molecule has 0 saturated carbocycles. The number of nitrogens with one attached hydrogen (secondary N) is 2. The van der Waals surface area contributed by atoms with Crippen LogP contribution in [0.4, 0.5) is 0 Å². The maximum atomic E-state index is 13.4.